The van der Waals surface area contributed by atoms with Crippen LogP contribution in [-0.2, 0) is 0 Å². The molecule has 1 aromatic carbocycles. The summed E-state index contributed by atoms with van der Waals surface area (Å²) in [5.74, 6) is 0.822. The van der Waals surface area contributed by atoms with Crippen LogP contribution in [0.3, 0.4) is 0 Å². The molecule has 1 fully saturated rings. The van der Waals surface area contributed by atoms with Gasteiger partial charge in [0.25, 0.3) is 0 Å². The number of hydrogen-bond acceptors (Lipinski definition) is 4. The fourth-order valence-corrected chi connectivity index (χ4v) is 3.18. The van der Waals surface area contributed by atoms with E-state index in [1.807, 2.05) is 23.7 Å². The Labute approximate surface area is 119 Å². The highest BCUT2D eigenvalue weighted by molar-refractivity contribution is 5.62. The van der Waals surface area contributed by atoms with Crippen LogP contribution in [0.4, 0.5) is 5.69 Å². The first kappa shape index (κ1) is 13.1. The average molecular weight is 271 g/mol. The third-order valence-corrected chi connectivity index (χ3v) is 4.14. The number of hydrogen-bond donors (Lipinski definition) is 1. The smallest absolute Gasteiger partial charge is 0.182 e. The molecule has 0 spiro atoms. The number of nitrogens with zero attached hydrogens (tertiary/aromatic N) is 4. The summed E-state index contributed by atoms with van der Waals surface area (Å²) in [6.45, 7) is 6.65. The fourth-order valence-electron chi connectivity index (χ4n) is 3.18. The Morgan fingerprint density at radius 1 is 1.30 bits per heavy atom. The molecule has 1 saturated carbocycles. The van der Waals surface area contributed by atoms with Crippen molar-refractivity contribution in [1.29, 1.82) is 0 Å². The molecule has 5 nitrogen and oxygen atoms in total. The van der Waals surface area contributed by atoms with Gasteiger partial charge in [0.1, 0.15) is 0 Å². The standard InChI is InChI=1S/C15H21N5/c1-10-6-11(8-12(16)7-10)14-17-18-19-20(14)13-4-5-15(2,3)9-13/h6-8,13H,4-5,9,16H2,1-3H3. The molecule has 2 aromatic rings. The lowest BCUT2D eigenvalue weighted by atomic mass is 9.92. The average Bonchev–Trinajstić information content (AvgIpc) is 2.93. The summed E-state index contributed by atoms with van der Waals surface area (Å²) >= 11 is 0. The minimum absolute atomic E-state index is 0.375. The third-order valence-electron chi connectivity index (χ3n) is 4.14. The SMILES string of the molecule is Cc1cc(N)cc(-c2nnnn2C2CCC(C)(C)C2)c1. The van der Waals surface area contributed by atoms with Crippen molar-refractivity contribution in [2.45, 2.75) is 46.1 Å². The Kier molecular flexibility index (Phi) is 3.00. The lowest BCUT2D eigenvalue weighted by Crippen LogP contribution is -2.12. The van der Waals surface area contributed by atoms with E-state index in [-0.39, 0.29) is 0 Å². The first-order valence-electron chi connectivity index (χ1n) is 7.10. The van der Waals surface area contributed by atoms with Crippen LogP contribution in [0, 0.1) is 12.3 Å². The summed E-state index contributed by atoms with van der Waals surface area (Å²) in [6.07, 6.45) is 3.46. The monoisotopic (exact) mass is 271 g/mol. The molecular formula is C15H21N5. The van der Waals surface area contributed by atoms with Crippen molar-refractivity contribution in [1.82, 2.24) is 20.2 Å². The minimum atomic E-state index is 0.375. The summed E-state index contributed by atoms with van der Waals surface area (Å²) in [7, 11) is 0. The predicted octanol–water partition coefficient (Wildman–Crippen LogP) is 2.98. The summed E-state index contributed by atoms with van der Waals surface area (Å²) < 4.78 is 1.98. The Bertz CT molecular complexity index is 609. The Morgan fingerprint density at radius 2 is 2.10 bits per heavy atom. The number of nitrogen functional groups attached to an aromatic ring is 1. The zero-order chi connectivity index (χ0) is 14.3. The number of rotatable bonds is 2. The van der Waals surface area contributed by atoms with E-state index in [0.29, 0.717) is 11.5 Å². The Balaban J connectivity index is 1.98. The van der Waals surface area contributed by atoms with E-state index in [4.69, 9.17) is 5.73 Å². The number of benzene rings is 1. The molecule has 1 heterocycles. The van der Waals surface area contributed by atoms with Gasteiger partial charge in [-0.1, -0.05) is 13.8 Å². The van der Waals surface area contributed by atoms with Crippen molar-refractivity contribution in [2.24, 2.45) is 5.41 Å². The minimum Gasteiger partial charge on any atom is -0.399 e. The maximum atomic E-state index is 5.93. The summed E-state index contributed by atoms with van der Waals surface area (Å²) in [5.41, 5.74) is 9.18. The van der Waals surface area contributed by atoms with Crippen molar-refractivity contribution >= 4 is 5.69 Å². The van der Waals surface area contributed by atoms with Gasteiger partial charge in [0.2, 0.25) is 0 Å². The van der Waals surface area contributed by atoms with E-state index in [2.05, 4.69) is 35.4 Å². The van der Waals surface area contributed by atoms with Crippen molar-refractivity contribution in [3.8, 4) is 11.4 Å². The molecular weight excluding hydrogens is 250 g/mol. The van der Waals surface area contributed by atoms with Crippen molar-refractivity contribution in [2.75, 3.05) is 5.73 Å². The number of anilines is 1. The molecule has 2 N–H and O–H groups in total. The number of nitrogens with two attached hydrogens (primary N) is 1. The number of aromatic nitrogens is 4. The van der Waals surface area contributed by atoms with Crippen LogP contribution in [0.5, 0.6) is 0 Å². The molecule has 0 aliphatic heterocycles. The number of tetrazole rings is 1. The maximum Gasteiger partial charge on any atom is 0.182 e. The van der Waals surface area contributed by atoms with Gasteiger partial charge in [-0.15, -0.1) is 5.10 Å². The second-order valence-corrected chi connectivity index (χ2v) is 6.64. The molecule has 20 heavy (non-hydrogen) atoms. The maximum absolute atomic E-state index is 5.93. The molecule has 1 aliphatic rings. The zero-order valence-corrected chi connectivity index (χ0v) is 12.3. The molecule has 1 aliphatic carbocycles. The van der Waals surface area contributed by atoms with Crippen molar-refractivity contribution in [3.05, 3.63) is 23.8 Å². The highest BCUT2D eigenvalue weighted by Crippen LogP contribution is 2.44. The summed E-state index contributed by atoms with van der Waals surface area (Å²) in [4.78, 5) is 0. The molecule has 1 unspecified atom stereocenters. The van der Waals surface area contributed by atoms with Crippen LogP contribution in [-0.4, -0.2) is 20.2 Å². The molecule has 0 saturated heterocycles. The van der Waals surface area contributed by atoms with E-state index in [1.54, 1.807) is 0 Å². The van der Waals surface area contributed by atoms with Gasteiger partial charge in [0.15, 0.2) is 5.82 Å². The van der Waals surface area contributed by atoms with E-state index in [0.717, 1.165) is 35.5 Å². The van der Waals surface area contributed by atoms with E-state index in [1.165, 1.54) is 6.42 Å². The van der Waals surface area contributed by atoms with E-state index in [9.17, 15) is 0 Å². The normalized spacial score (nSPS) is 21.2. The van der Waals surface area contributed by atoms with Gasteiger partial charge < -0.3 is 5.73 Å². The van der Waals surface area contributed by atoms with Gasteiger partial charge in [-0.2, -0.15) is 0 Å². The summed E-state index contributed by atoms with van der Waals surface area (Å²) in [6, 6.07) is 6.36. The van der Waals surface area contributed by atoms with Crippen molar-refractivity contribution in [3.63, 3.8) is 0 Å². The second kappa shape index (κ2) is 4.58. The van der Waals surface area contributed by atoms with Gasteiger partial charge in [-0.25, -0.2) is 4.68 Å². The largest absolute Gasteiger partial charge is 0.399 e. The molecule has 1 atom stereocenters. The van der Waals surface area contributed by atoms with Crippen LogP contribution >= 0.6 is 0 Å². The Hall–Kier alpha value is -1.91. The van der Waals surface area contributed by atoms with Gasteiger partial charge >= 0.3 is 0 Å². The molecule has 5 heteroatoms. The fraction of sp³-hybridized carbons (Fsp3) is 0.533. The highest BCUT2D eigenvalue weighted by Gasteiger charge is 2.34. The third kappa shape index (κ3) is 2.40. The Morgan fingerprint density at radius 3 is 2.75 bits per heavy atom. The number of aryl methyl sites for hydroxylation is 1. The topological polar surface area (TPSA) is 69.6 Å². The lowest BCUT2D eigenvalue weighted by molar-refractivity contribution is 0.349. The van der Waals surface area contributed by atoms with Gasteiger partial charge in [0.05, 0.1) is 6.04 Å². The van der Waals surface area contributed by atoms with Gasteiger partial charge in [-0.05, 0) is 65.8 Å². The van der Waals surface area contributed by atoms with E-state index < -0.39 is 0 Å². The first-order valence-corrected chi connectivity index (χ1v) is 7.10. The molecule has 106 valence electrons. The van der Waals surface area contributed by atoms with Gasteiger partial charge in [-0.3, -0.25) is 0 Å². The molecule has 0 bridgehead atoms. The molecule has 0 amide bonds. The van der Waals surface area contributed by atoms with Gasteiger partial charge in [0, 0.05) is 11.3 Å². The van der Waals surface area contributed by atoms with Crippen LogP contribution in [0.15, 0.2) is 18.2 Å². The predicted molar refractivity (Wildman–Crippen MR) is 79.1 cm³/mol. The molecule has 1 aromatic heterocycles. The summed E-state index contributed by atoms with van der Waals surface area (Å²) in [5, 5.41) is 12.3. The quantitative estimate of drug-likeness (QED) is 0.852. The molecule has 0 radical (unpaired) electrons. The highest BCUT2D eigenvalue weighted by atomic mass is 15.5. The lowest BCUT2D eigenvalue weighted by Gasteiger charge is -2.17. The van der Waals surface area contributed by atoms with Crippen molar-refractivity contribution < 1.29 is 0 Å². The second-order valence-electron chi connectivity index (χ2n) is 6.64. The molecule has 3 rings (SSSR count). The van der Waals surface area contributed by atoms with Crippen LogP contribution < -0.4 is 5.73 Å². The van der Waals surface area contributed by atoms with Crippen LogP contribution in [0.25, 0.3) is 11.4 Å². The first-order chi connectivity index (χ1) is 9.44. The van der Waals surface area contributed by atoms with E-state index >= 15 is 0 Å². The zero-order valence-electron chi connectivity index (χ0n) is 12.3. The van der Waals surface area contributed by atoms with Crippen LogP contribution in [0.2, 0.25) is 0 Å². The van der Waals surface area contributed by atoms with Crippen LogP contribution in [0.1, 0.15) is 44.7 Å².